The molecule has 0 bridgehead atoms. The van der Waals surface area contributed by atoms with Gasteiger partial charge < -0.3 is 15.4 Å². The first-order valence-electron chi connectivity index (χ1n) is 8.40. The van der Waals surface area contributed by atoms with Crippen molar-refractivity contribution in [2.75, 3.05) is 5.32 Å². The van der Waals surface area contributed by atoms with Crippen molar-refractivity contribution in [1.29, 1.82) is 0 Å². The molecule has 144 valence electrons. The number of rotatable bonds is 5. The van der Waals surface area contributed by atoms with E-state index in [0.717, 1.165) is 0 Å². The Morgan fingerprint density at radius 2 is 1.74 bits per heavy atom. The standard InChI is InChI=1S/C20H22BrClN2O3/c1-12(27-17-10-7-14(22)11-16(17)21)18(25)23-15-8-5-13(6-9-15)19(26)24-20(2,3)4/h5-12H,1-4H3,(H,23,25)(H,24,26). The molecule has 0 aromatic heterocycles. The predicted octanol–water partition coefficient (Wildman–Crippen LogP) is 5.04. The van der Waals surface area contributed by atoms with Gasteiger partial charge in [0.1, 0.15) is 5.75 Å². The van der Waals surface area contributed by atoms with Crippen molar-refractivity contribution in [3.63, 3.8) is 0 Å². The van der Waals surface area contributed by atoms with Crippen molar-refractivity contribution >= 4 is 45.0 Å². The molecular formula is C20H22BrClN2O3. The van der Waals surface area contributed by atoms with E-state index in [9.17, 15) is 9.59 Å². The summed E-state index contributed by atoms with van der Waals surface area (Å²) in [4.78, 5) is 24.5. The molecule has 5 nitrogen and oxygen atoms in total. The van der Waals surface area contributed by atoms with E-state index in [1.54, 1.807) is 49.4 Å². The van der Waals surface area contributed by atoms with Crippen LogP contribution in [0, 0.1) is 0 Å². The minimum atomic E-state index is -0.716. The molecule has 0 aliphatic rings. The van der Waals surface area contributed by atoms with Crippen LogP contribution in [0.1, 0.15) is 38.1 Å². The Kier molecular flexibility index (Phi) is 6.89. The lowest BCUT2D eigenvalue weighted by atomic mass is 10.1. The number of carbonyl (C=O) groups is 2. The summed E-state index contributed by atoms with van der Waals surface area (Å²) in [5.41, 5.74) is 0.794. The lowest BCUT2D eigenvalue weighted by Crippen LogP contribution is -2.40. The molecule has 0 aliphatic carbocycles. The lowest BCUT2D eigenvalue weighted by molar-refractivity contribution is -0.122. The molecule has 2 rings (SSSR count). The molecule has 1 unspecified atom stereocenters. The predicted molar refractivity (Wildman–Crippen MR) is 112 cm³/mol. The molecule has 1 atom stereocenters. The van der Waals surface area contributed by atoms with E-state index in [2.05, 4.69) is 26.6 Å². The summed E-state index contributed by atoms with van der Waals surface area (Å²) in [6, 6.07) is 11.8. The summed E-state index contributed by atoms with van der Waals surface area (Å²) in [5, 5.41) is 6.23. The summed E-state index contributed by atoms with van der Waals surface area (Å²) in [7, 11) is 0. The highest BCUT2D eigenvalue weighted by Gasteiger charge is 2.18. The second-order valence-electron chi connectivity index (χ2n) is 7.11. The molecule has 0 heterocycles. The summed E-state index contributed by atoms with van der Waals surface area (Å²) < 4.78 is 6.34. The Hall–Kier alpha value is -2.05. The number of nitrogens with one attached hydrogen (secondary N) is 2. The molecule has 7 heteroatoms. The van der Waals surface area contributed by atoms with Gasteiger partial charge in [0.2, 0.25) is 0 Å². The second kappa shape index (κ2) is 8.76. The first-order valence-corrected chi connectivity index (χ1v) is 9.57. The highest BCUT2D eigenvalue weighted by molar-refractivity contribution is 9.10. The maximum atomic E-state index is 12.3. The smallest absolute Gasteiger partial charge is 0.265 e. The largest absolute Gasteiger partial charge is 0.480 e. The molecule has 27 heavy (non-hydrogen) atoms. The highest BCUT2D eigenvalue weighted by Crippen LogP contribution is 2.28. The van der Waals surface area contributed by atoms with Crippen molar-refractivity contribution in [1.82, 2.24) is 5.32 Å². The summed E-state index contributed by atoms with van der Waals surface area (Å²) >= 11 is 9.26. The minimum Gasteiger partial charge on any atom is -0.480 e. The third kappa shape index (κ3) is 6.56. The average Bonchev–Trinajstić information content (AvgIpc) is 2.56. The third-order valence-electron chi connectivity index (χ3n) is 3.47. The van der Waals surface area contributed by atoms with Crippen molar-refractivity contribution in [2.24, 2.45) is 0 Å². The van der Waals surface area contributed by atoms with Gasteiger partial charge in [-0.05, 0) is 86.1 Å². The van der Waals surface area contributed by atoms with E-state index < -0.39 is 6.10 Å². The van der Waals surface area contributed by atoms with Crippen LogP contribution in [0.3, 0.4) is 0 Å². The van der Waals surface area contributed by atoms with Gasteiger partial charge in [-0.3, -0.25) is 9.59 Å². The second-order valence-corrected chi connectivity index (χ2v) is 8.40. The molecular weight excluding hydrogens is 432 g/mol. The third-order valence-corrected chi connectivity index (χ3v) is 4.32. The fraction of sp³-hybridized carbons (Fsp3) is 0.300. The van der Waals surface area contributed by atoms with Crippen molar-refractivity contribution in [3.05, 3.63) is 57.5 Å². The molecule has 2 amide bonds. The first kappa shape index (κ1) is 21.3. The van der Waals surface area contributed by atoms with E-state index in [-0.39, 0.29) is 17.4 Å². The number of halogens is 2. The zero-order chi connectivity index (χ0) is 20.2. The quantitative estimate of drug-likeness (QED) is 0.667. The van der Waals surface area contributed by atoms with Crippen LogP contribution in [0.2, 0.25) is 5.02 Å². The molecule has 0 radical (unpaired) electrons. The zero-order valence-electron chi connectivity index (χ0n) is 15.6. The van der Waals surface area contributed by atoms with Crippen molar-refractivity contribution in [3.8, 4) is 5.75 Å². The number of anilines is 1. The number of hydrogen-bond donors (Lipinski definition) is 2. The van der Waals surface area contributed by atoms with E-state index in [1.165, 1.54) is 0 Å². The van der Waals surface area contributed by atoms with Crippen LogP contribution in [0.25, 0.3) is 0 Å². The molecule has 0 spiro atoms. The number of benzene rings is 2. The van der Waals surface area contributed by atoms with E-state index in [1.807, 2.05) is 20.8 Å². The van der Waals surface area contributed by atoms with Gasteiger partial charge in [-0.2, -0.15) is 0 Å². The molecule has 0 fully saturated rings. The maximum absolute atomic E-state index is 12.3. The van der Waals surface area contributed by atoms with Gasteiger partial charge in [-0.15, -0.1) is 0 Å². The number of hydrogen-bond acceptors (Lipinski definition) is 3. The van der Waals surface area contributed by atoms with Crippen LogP contribution in [-0.4, -0.2) is 23.5 Å². The van der Waals surface area contributed by atoms with Crippen LogP contribution < -0.4 is 15.4 Å². The monoisotopic (exact) mass is 452 g/mol. The number of ether oxygens (including phenoxy) is 1. The Balaban J connectivity index is 1.97. The van der Waals surface area contributed by atoms with E-state index >= 15 is 0 Å². The zero-order valence-corrected chi connectivity index (χ0v) is 17.9. The van der Waals surface area contributed by atoms with Gasteiger partial charge in [0.05, 0.1) is 4.47 Å². The van der Waals surface area contributed by atoms with Crippen LogP contribution in [-0.2, 0) is 4.79 Å². The Bertz CT molecular complexity index is 832. The average molecular weight is 454 g/mol. The molecule has 2 N–H and O–H groups in total. The van der Waals surface area contributed by atoms with Gasteiger partial charge in [-0.25, -0.2) is 0 Å². The van der Waals surface area contributed by atoms with Crippen LogP contribution in [0.5, 0.6) is 5.75 Å². The first-order chi connectivity index (χ1) is 12.5. The fourth-order valence-corrected chi connectivity index (χ4v) is 2.95. The highest BCUT2D eigenvalue weighted by atomic mass is 79.9. The molecule has 0 saturated carbocycles. The van der Waals surface area contributed by atoms with Crippen molar-refractivity contribution < 1.29 is 14.3 Å². The molecule has 2 aromatic carbocycles. The van der Waals surface area contributed by atoms with E-state index in [0.29, 0.717) is 26.5 Å². The van der Waals surface area contributed by atoms with E-state index in [4.69, 9.17) is 16.3 Å². The minimum absolute atomic E-state index is 0.162. The summed E-state index contributed by atoms with van der Waals surface area (Å²) in [6.45, 7) is 7.40. The Morgan fingerprint density at radius 3 is 2.30 bits per heavy atom. The van der Waals surface area contributed by atoms with Crippen LogP contribution in [0.15, 0.2) is 46.9 Å². The van der Waals surface area contributed by atoms with Crippen LogP contribution >= 0.6 is 27.5 Å². The van der Waals surface area contributed by atoms with Crippen molar-refractivity contribution in [2.45, 2.75) is 39.3 Å². The van der Waals surface area contributed by atoms with Gasteiger partial charge in [0, 0.05) is 21.8 Å². The number of carbonyl (C=O) groups excluding carboxylic acids is 2. The van der Waals surface area contributed by atoms with Crippen LogP contribution in [0.4, 0.5) is 5.69 Å². The maximum Gasteiger partial charge on any atom is 0.265 e. The SMILES string of the molecule is CC(Oc1ccc(Cl)cc1Br)C(=O)Nc1ccc(C(=O)NC(C)(C)C)cc1. The Labute approximate surface area is 172 Å². The lowest BCUT2D eigenvalue weighted by Gasteiger charge is -2.20. The summed E-state index contributed by atoms with van der Waals surface area (Å²) in [5.74, 6) is 0.0599. The Morgan fingerprint density at radius 1 is 1.11 bits per heavy atom. The molecule has 2 aromatic rings. The van der Waals surface area contributed by atoms with Gasteiger partial charge in [0.25, 0.3) is 11.8 Å². The topological polar surface area (TPSA) is 67.4 Å². The molecule has 0 saturated heterocycles. The van der Waals surface area contributed by atoms with Gasteiger partial charge >= 0.3 is 0 Å². The molecule has 0 aliphatic heterocycles. The van der Waals surface area contributed by atoms with Gasteiger partial charge in [0.15, 0.2) is 6.10 Å². The number of amides is 2. The van der Waals surface area contributed by atoms with Gasteiger partial charge in [-0.1, -0.05) is 11.6 Å². The normalized spacial score (nSPS) is 12.2. The fourth-order valence-electron chi connectivity index (χ4n) is 2.18. The summed E-state index contributed by atoms with van der Waals surface area (Å²) in [6.07, 6.45) is -0.716.